The lowest BCUT2D eigenvalue weighted by Crippen LogP contribution is -2.35. The Morgan fingerprint density at radius 3 is 2.83 bits per heavy atom. The van der Waals surface area contributed by atoms with Crippen molar-refractivity contribution >= 4 is 40.9 Å². The maximum Gasteiger partial charge on any atom is 0.204 e. The molecule has 6 nitrogen and oxygen atoms in total. The molecule has 2 heterocycles. The van der Waals surface area contributed by atoms with Crippen molar-refractivity contribution < 1.29 is 27.4 Å². The van der Waals surface area contributed by atoms with Gasteiger partial charge in [-0.1, -0.05) is 18.2 Å². The van der Waals surface area contributed by atoms with Crippen molar-refractivity contribution in [2.24, 2.45) is 10.7 Å². The van der Waals surface area contributed by atoms with Crippen molar-refractivity contribution in [2.45, 2.75) is 36.5 Å². The highest BCUT2D eigenvalue weighted by atomic mass is 32.2. The highest BCUT2D eigenvalue weighted by Gasteiger charge is 2.36. The second-order valence-electron chi connectivity index (χ2n) is 9.80. The number of halogens is 3. The summed E-state index contributed by atoms with van der Waals surface area (Å²) in [7, 11) is 0. The molecule has 0 saturated carbocycles. The minimum Gasteiger partial charge on any atom is -0.493 e. The fraction of sp³-hybridized carbons (Fsp3) is 0.226. The molecule has 1 aliphatic heterocycles. The number of ether oxygens (including phenoxy) is 2. The van der Waals surface area contributed by atoms with Crippen molar-refractivity contribution in [1.29, 1.82) is 0 Å². The van der Waals surface area contributed by atoms with Crippen LogP contribution >= 0.6 is 11.8 Å². The van der Waals surface area contributed by atoms with E-state index in [1.54, 1.807) is 18.4 Å². The fourth-order valence-electron chi connectivity index (χ4n) is 5.01. The zero-order valence-corrected chi connectivity index (χ0v) is 23.3. The molecule has 0 spiro atoms. The number of benzene rings is 3. The van der Waals surface area contributed by atoms with E-state index >= 15 is 0 Å². The van der Waals surface area contributed by atoms with Gasteiger partial charge in [-0.25, -0.2) is 8.78 Å². The summed E-state index contributed by atoms with van der Waals surface area (Å²) in [5.74, 6) is -2.29. The first-order valence-corrected chi connectivity index (χ1v) is 14.2. The molecule has 0 saturated heterocycles. The van der Waals surface area contributed by atoms with Gasteiger partial charge in [0.1, 0.15) is 29.3 Å². The number of aldehydes is 1. The van der Waals surface area contributed by atoms with Crippen LogP contribution in [0.2, 0.25) is 0 Å². The van der Waals surface area contributed by atoms with Crippen LogP contribution in [0.15, 0.2) is 70.3 Å². The lowest BCUT2D eigenvalue weighted by atomic mass is 9.74. The fourth-order valence-corrected chi connectivity index (χ4v) is 5.72. The Morgan fingerprint density at radius 2 is 2.05 bits per heavy atom. The SMILES string of the molecule is CSc1c(Oc2ccc(F)c(N=C/C=C(\N)C3(C)CCOc4c(CCC=O)cccc43)c2)c(F)c(F)c2[nH]ccc12. The molecule has 10 heteroatoms. The molecule has 212 valence electrons. The Kier molecular flexibility index (Phi) is 8.12. The second-order valence-corrected chi connectivity index (χ2v) is 10.6. The molecular formula is C31H28F3N3O3S. The summed E-state index contributed by atoms with van der Waals surface area (Å²) in [5.41, 5.74) is 8.32. The predicted molar refractivity (Wildman–Crippen MR) is 155 cm³/mol. The maximum absolute atomic E-state index is 14.9. The molecule has 1 aliphatic rings. The van der Waals surface area contributed by atoms with E-state index in [9.17, 15) is 18.0 Å². The van der Waals surface area contributed by atoms with Crippen LogP contribution in [0.3, 0.4) is 0 Å². The molecule has 41 heavy (non-hydrogen) atoms. The first-order valence-electron chi connectivity index (χ1n) is 13.0. The van der Waals surface area contributed by atoms with E-state index in [0.29, 0.717) is 41.8 Å². The van der Waals surface area contributed by atoms with Gasteiger partial charge < -0.3 is 25.0 Å². The quantitative estimate of drug-likeness (QED) is 0.122. The van der Waals surface area contributed by atoms with Gasteiger partial charge in [0.2, 0.25) is 5.82 Å². The number of nitrogens with zero attached hydrogens (tertiary/aromatic N) is 1. The van der Waals surface area contributed by atoms with E-state index in [2.05, 4.69) is 9.98 Å². The number of H-pyrrole nitrogens is 1. The number of para-hydroxylation sites is 1. The first kappa shape index (κ1) is 28.4. The van der Waals surface area contributed by atoms with Gasteiger partial charge in [-0.2, -0.15) is 4.39 Å². The Labute approximate surface area is 239 Å². The molecule has 1 unspecified atom stereocenters. The van der Waals surface area contributed by atoms with Crippen LogP contribution in [0.4, 0.5) is 18.9 Å². The van der Waals surface area contributed by atoms with E-state index in [1.807, 2.05) is 25.1 Å². The maximum atomic E-state index is 14.9. The number of carbonyl (C=O) groups excluding carboxylic acids is 1. The van der Waals surface area contributed by atoms with Crippen molar-refractivity contribution in [3.8, 4) is 17.2 Å². The van der Waals surface area contributed by atoms with Crippen molar-refractivity contribution in [2.75, 3.05) is 12.9 Å². The Morgan fingerprint density at radius 1 is 1.22 bits per heavy atom. The highest BCUT2D eigenvalue weighted by Crippen LogP contribution is 2.44. The predicted octanol–water partition coefficient (Wildman–Crippen LogP) is 7.52. The van der Waals surface area contributed by atoms with Gasteiger partial charge in [-0.15, -0.1) is 11.8 Å². The van der Waals surface area contributed by atoms with Gasteiger partial charge in [0, 0.05) is 47.0 Å². The third kappa shape index (κ3) is 5.31. The number of nitrogens with one attached hydrogen (secondary N) is 1. The lowest BCUT2D eigenvalue weighted by Gasteiger charge is -2.37. The van der Waals surface area contributed by atoms with Crippen molar-refractivity contribution in [3.05, 3.63) is 89.0 Å². The molecule has 1 atom stereocenters. The summed E-state index contributed by atoms with van der Waals surface area (Å²) in [6.45, 7) is 2.45. The van der Waals surface area contributed by atoms with Crippen LogP contribution in [0.25, 0.3) is 10.9 Å². The monoisotopic (exact) mass is 579 g/mol. The summed E-state index contributed by atoms with van der Waals surface area (Å²) in [5, 5.41) is 0.478. The number of aromatic nitrogens is 1. The number of nitrogens with two attached hydrogens (primary N) is 1. The van der Waals surface area contributed by atoms with Crippen LogP contribution < -0.4 is 15.2 Å². The van der Waals surface area contributed by atoms with Crippen LogP contribution in [0.1, 0.15) is 30.9 Å². The number of aliphatic imine (C=N–C) groups is 1. The summed E-state index contributed by atoms with van der Waals surface area (Å²) in [6.07, 6.45) is 8.72. The van der Waals surface area contributed by atoms with Gasteiger partial charge in [0.15, 0.2) is 11.6 Å². The van der Waals surface area contributed by atoms with E-state index < -0.39 is 22.9 Å². The van der Waals surface area contributed by atoms with E-state index in [-0.39, 0.29) is 22.7 Å². The number of carbonyl (C=O) groups is 1. The normalized spacial score (nSPS) is 17.0. The highest BCUT2D eigenvalue weighted by molar-refractivity contribution is 7.99. The number of aromatic amines is 1. The standard InChI is InChI=1S/C31H28F3N3O3S/c1-31(12-16-39-28-18(6-4-15-38)5-3-7-21(28)31)24(35)11-14-36-23-17-19(8-9-22(23)32)40-29-26(34)25(33)27-20(10-13-37-27)30(29)41-2/h3,5,7-11,13-15,17,37H,4,6,12,16,35H2,1-2H3/b24-11-,36-14?. The number of allylic oxidation sites excluding steroid dienone is 2. The Balaban J connectivity index is 1.42. The van der Waals surface area contributed by atoms with Crippen LogP contribution in [-0.4, -0.2) is 30.3 Å². The lowest BCUT2D eigenvalue weighted by molar-refractivity contribution is -0.107. The molecule has 3 N–H and O–H groups in total. The zero-order valence-electron chi connectivity index (χ0n) is 22.5. The van der Waals surface area contributed by atoms with Crippen LogP contribution in [-0.2, 0) is 16.6 Å². The average molecular weight is 580 g/mol. The van der Waals surface area contributed by atoms with Gasteiger partial charge in [-0.3, -0.25) is 4.99 Å². The minimum absolute atomic E-state index is 0.0472. The third-order valence-electron chi connectivity index (χ3n) is 7.33. The first-order chi connectivity index (χ1) is 19.8. The Bertz CT molecular complexity index is 1680. The summed E-state index contributed by atoms with van der Waals surface area (Å²) in [6, 6.07) is 11.2. The van der Waals surface area contributed by atoms with Gasteiger partial charge in [-0.05, 0) is 55.9 Å². The molecule has 0 aliphatic carbocycles. The minimum atomic E-state index is -1.14. The van der Waals surface area contributed by atoms with Gasteiger partial charge >= 0.3 is 0 Å². The molecule has 1 aromatic heterocycles. The molecule has 0 bridgehead atoms. The third-order valence-corrected chi connectivity index (χ3v) is 8.14. The smallest absolute Gasteiger partial charge is 0.204 e. The van der Waals surface area contributed by atoms with Gasteiger partial charge in [0.05, 0.1) is 17.0 Å². The second kappa shape index (κ2) is 11.7. The van der Waals surface area contributed by atoms with Gasteiger partial charge in [0.25, 0.3) is 0 Å². The van der Waals surface area contributed by atoms with Crippen LogP contribution in [0, 0.1) is 17.5 Å². The zero-order chi connectivity index (χ0) is 29.1. The van der Waals surface area contributed by atoms with Crippen LogP contribution in [0.5, 0.6) is 17.2 Å². The summed E-state index contributed by atoms with van der Waals surface area (Å²) >= 11 is 1.21. The van der Waals surface area contributed by atoms with Crippen molar-refractivity contribution in [1.82, 2.24) is 4.98 Å². The average Bonchev–Trinajstić information content (AvgIpc) is 3.46. The van der Waals surface area contributed by atoms with E-state index in [1.165, 1.54) is 36.3 Å². The molecule has 5 rings (SSSR count). The number of hydrogen-bond acceptors (Lipinski definition) is 6. The molecule has 0 radical (unpaired) electrons. The number of hydrogen-bond donors (Lipinski definition) is 2. The number of thioether (sulfide) groups is 1. The Hall–Kier alpha value is -4.18. The largest absolute Gasteiger partial charge is 0.493 e. The van der Waals surface area contributed by atoms with E-state index in [4.69, 9.17) is 15.2 Å². The topological polar surface area (TPSA) is 89.7 Å². The van der Waals surface area contributed by atoms with Crippen molar-refractivity contribution in [3.63, 3.8) is 0 Å². The summed E-state index contributed by atoms with van der Waals surface area (Å²) in [4.78, 5) is 18.2. The summed E-state index contributed by atoms with van der Waals surface area (Å²) < 4.78 is 55.9. The number of aryl methyl sites for hydroxylation is 1. The van der Waals surface area contributed by atoms with E-state index in [0.717, 1.165) is 29.2 Å². The molecular weight excluding hydrogens is 551 g/mol. The molecule has 0 fully saturated rings. The number of fused-ring (bicyclic) bond motifs is 2. The number of rotatable bonds is 9. The molecule has 3 aromatic carbocycles. The molecule has 0 amide bonds. The molecule has 4 aromatic rings.